The van der Waals surface area contributed by atoms with Crippen molar-refractivity contribution in [2.45, 2.75) is 0 Å². The summed E-state index contributed by atoms with van der Waals surface area (Å²) in [5.74, 6) is 0.0446. The molecule has 0 bridgehead atoms. The molecule has 0 unspecified atom stereocenters. The van der Waals surface area contributed by atoms with Crippen LogP contribution in [0, 0.1) is 3.57 Å². The van der Waals surface area contributed by atoms with Crippen molar-refractivity contribution < 1.29 is 4.79 Å². The monoisotopic (exact) mass is 425 g/mol. The fourth-order valence-corrected chi connectivity index (χ4v) is 3.02. The maximum Gasteiger partial charge on any atom is 0.196 e. The second-order valence-corrected chi connectivity index (χ2v) is 6.28. The Morgan fingerprint density at radius 1 is 1.11 bits per heavy atom. The predicted molar refractivity (Wildman–Crippen MR) is 88.6 cm³/mol. The number of hydrogen-bond acceptors (Lipinski definition) is 1. The standard InChI is InChI=1S/C15H9BrINO/c16-9-5-6-13(17)11(7-9)15(19)12-8-18-14-4-2-1-3-10(12)14/h1-8,18H. The number of carbonyl (C=O) groups excluding carboxylic acids is 1. The van der Waals surface area contributed by atoms with Crippen LogP contribution in [0.4, 0.5) is 0 Å². The molecule has 0 radical (unpaired) electrons. The molecule has 0 aliphatic rings. The Labute approximate surface area is 132 Å². The van der Waals surface area contributed by atoms with Crippen LogP contribution in [0.2, 0.25) is 0 Å². The van der Waals surface area contributed by atoms with Gasteiger partial charge in [0.15, 0.2) is 5.78 Å². The van der Waals surface area contributed by atoms with E-state index in [0.717, 1.165) is 24.5 Å². The minimum Gasteiger partial charge on any atom is -0.360 e. The molecule has 0 amide bonds. The maximum absolute atomic E-state index is 12.6. The largest absolute Gasteiger partial charge is 0.360 e. The van der Waals surface area contributed by atoms with Gasteiger partial charge in [0.25, 0.3) is 0 Å². The number of ketones is 1. The van der Waals surface area contributed by atoms with E-state index in [1.54, 1.807) is 6.20 Å². The minimum absolute atomic E-state index is 0.0446. The number of benzene rings is 2. The highest BCUT2D eigenvalue weighted by Gasteiger charge is 2.16. The van der Waals surface area contributed by atoms with Gasteiger partial charge in [-0.15, -0.1) is 0 Å². The first-order valence-corrected chi connectivity index (χ1v) is 7.60. The van der Waals surface area contributed by atoms with Crippen molar-refractivity contribution in [1.29, 1.82) is 0 Å². The van der Waals surface area contributed by atoms with Gasteiger partial charge in [-0.1, -0.05) is 34.1 Å². The van der Waals surface area contributed by atoms with E-state index < -0.39 is 0 Å². The lowest BCUT2D eigenvalue weighted by Gasteiger charge is -2.03. The third-order valence-corrected chi connectivity index (χ3v) is 4.44. The number of aromatic nitrogens is 1. The van der Waals surface area contributed by atoms with Crippen LogP contribution < -0.4 is 0 Å². The highest BCUT2D eigenvalue weighted by Crippen LogP contribution is 2.25. The zero-order valence-electron chi connectivity index (χ0n) is 9.78. The van der Waals surface area contributed by atoms with Crippen LogP contribution in [0.3, 0.4) is 0 Å². The third-order valence-electron chi connectivity index (χ3n) is 3.01. The molecule has 0 aliphatic heterocycles. The number of nitrogens with one attached hydrogen (secondary N) is 1. The number of rotatable bonds is 2. The number of aromatic amines is 1. The van der Waals surface area contributed by atoms with Crippen molar-refractivity contribution in [2.75, 3.05) is 0 Å². The van der Waals surface area contributed by atoms with Gasteiger partial charge in [0.05, 0.1) is 0 Å². The van der Waals surface area contributed by atoms with Crippen molar-refractivity contribution in [1.82, 2.24) is 4.98 Å². The number of H-pyrrole nitrogens is 1. The Hall–Kier alpha value is -1.14. The zero-order valence-corrected chi connectivity index (χ0v) is 13.5. The van der Waals surface area contributed by atoms with Crippen molar-refractivity contribution in [2.24, 2.45) is 0 Å². The Morgan fingerprint density at radius 3 is 2.74 bits per heavy atom. The van der Waals surface area contributed by atoms with Crippen LogP contribution in [0.25, 0.3) is 10.9 Å². The highest BCUT2D eigenvalue weighted by molar-refractivity contribution is 14.1. The lowest BCUT2D eigenvalue weighted by atomic mass is 10.0. The van der Waals surface area contributed by atoms with Crippen LogP contribution in [0.15, 0.2) is 53.1 Å². The van der Waals surface area contributed by atoms with E-state index in [9.17, 15) is 4.79 Å². The molecule has 3 rings (SSSR count). The summed E-state index contributed by atoms with van der Waals surface area (Å²) in [7, 11) is 0. The van der Waals surface area contributed by atoms with Gasteiger partial charge in [-0.2, -0.15) is 0 Å². The smallest absolute Gasteiger partial charge is 0.196 e. The van der Waals surface area contributed by atoms with Crippen molar-refractivity contribution >= 4 is 55.2 Å². The molecule has 4 heteroatoms. The summed E-state index contributed by atoms with van der Waals surface area (Å²) in [5, 5.41) is 0.961. The molecular weight excluding hydrogens is 417 g/mol. The average molecular weight is 426 g/mol. The summed E-state index contributed by atoms with van der Waals surface area (Å²) in [4.78, 5) is 15.8. The fraction of sp³-hybridized carbons (Fsp3) is 0. The number of fused-ring (bicyclic) bond motifs is 1. The number of para-hydroxylation sites is 1. The van der Waals surface area contributed by atoms with Gasteiger partial charge < -0.3 is 4.98 Å². The van der Waals surface area contributed by atoms with Crippen LogP contribution in [-0.4, -0.2) is 10.8 Å². The predicted octanol–water partition coefficient (Wildman–Crippen LogP) is 4.77. The summed E-state index contributed by atoms with van der Waals surface area (Å²) in [6, 6.07) is 13.6. The first-order chi connectivity index (χ1) is 9.16. The topological polar surface area (TPSA) is 32.9 Å². The molecule has 0 saturated heterocycles. The molecule has 0 fully saturated rings. The average Bonchev–Trinajstić information content (AvgIpc) is 2.84. The third kappa shape index (κ3) is 2.34. The van der Waals surface area contributed by atoms with E-state index >= 15 is 0 Å². The first kappa shape index (κ1) is 12.9. The SMILES string of the molecule is O=C(c1cc(Br)ccc1I)c1c[nH]c2ccccc12. The van der Waals surface area contributed by atoms with Gasteiger partial charge in [0, 0.05) is 36.3 Å². The van der Waals surface area contributed by atoms with Gasteiger partial charge in [-0.25, -0.2) is 0 Å². The van der Waals surface area contributed by atoms with Gasteiger partial charge in [-0.3, -0.25) is 4.79 Å². The Balaban J connectivity index is 2.16. The highest BCUT2D eigenvalue weighted by atomic mass is 127. The van der Waals surface area contributed by atoms with Gasteiger partial charge in [0.2, 0.25) is 0 Å². The van der Waals surface area contributed by atoms with E-state index in [4.69, 9.17) is 0 Å². The molecule has 0 spiro atoms. The van der Waals surface area contributed by atoms with Crippen molar-refractivity contribution in [3.05, 3.63) is 67.8 Å². The minimum atomic E-state index is 0.0446. The molecule has 1 N–H and O–H groups in total. The van der Waals surface area contributed by atoms with Crippen LogP contribution in [-0.2, 0) is 0 Å². The molecule has 94 valence electrons. The number of carbonyl (C=O) groups is 1. The van der Waals surface area contributed by atoms with E-state index in [2.05, 4.69) is 43.5 Å². The van der Waals surface area contributed by atoms with Crippen LogP contribution in [0.1, 0.15) is 15.9 Å². The molecule has 3 aromatic rings. The van der Waals surface area contributed by atoms with Gasteiger partial charge in [-0.05, 0) is 46.9 Å². The molecule has 1 heterocycles. The summed E-state index contributed by atoms with van der Waals surface area (Å²) in [6.07, 6.45) is 1.78. The van der Waals surface area contributed by atoms with Crippen LogP contribution >= 0.6 is 38.5 Å². The second-order valence-electron chi connectivity index (χ2n) is 4.20. The second kappa shape index (κ2) is 5.09. The van der Waals surface area contributed by atoms with E-state index in [1.807, 2.05) is 42.5 Å². The molecular formula is C15H9BrINO. The van der Waals surface area contributed by atoms with E-state index in [1.165, 1.54) is 0 Å². The fourth-order valence-electron chi connectivity index (χ4n) is 2.08. The number of halogens is 2. The van der Waals surface area contributed by atoms with Crippen LogP contribution in [0.5, 0.6) is 0 Å². The molecule has 1 aromatic heterocycles. The maximum atomic E-state index is 12.6. The van der Waals surface area contributed by atoms with Gasteiger partial charge in [0.1, 0.15) is 0 Å². The molecule has 0 saturated carbocycles. The normalized spacial score (nSPS) is 10.8. The molecule has 2 nitrogen and oxygen atoms in total. The Kier molecular flexibility index (Phi) is 3.45. The summed E-state index contributed by atoms with van der Waals surface area (Å²) >= 11 is 5.60. The van der Waals surface area contributed by atoms with Gasteiger partial charge >= 0.3 is 0 Å². The molecule has 2 aromatic carbocycles. The lowest BCUT2D eigenvalue weighted by Crippen LogP contribution is -2.03. The number of hydrogen-bond donors (Lipinski definition) is 1. The van der Waals surface area contributed by atoms with E-state index in [0.29, 0.717) is 5.56 Å². The van der Waals surface area contributed by atoms with Crippen molar-refractivity contribution in [3.63, 3.8) is 0 Å². The lowest BCUT2D eigenvalue weighted by molar-refractivity contribution is 0.103. The molecule has 0 aliphatic carbocycles. The summed E-state index contributed by atoms with van der Waals surface area (Å²) < 4.78 is 1.87. The molecule has 0 atom stereocenters. The van der Waals surface area contributed by atoms with E-state index in [-0.39, 0.29) is 5.78 Å². The summed E-state index contributed by atoms with van der Waals surface area (Å²) in [5.41, 5.74) is 2.42. The Bertz CT molecular complexity index is 779. The quantitative estimate of drug-likeness (QED) is 0.465. The Morgan fingerprint density at radius 2 is 1.89 bits per heavy atom. The zero-order chi connectivity index (χ0) is 13.4. The summed E-state index contributed by atoms with van der Waals surface area (Å²) in [6.45, 7) is 0. The van der Waals surface area contributed by atoms with Crippen molar-refractivity contribution in [3.8, 4) is 0 Å². The first-order valence-electron chi connectivity index (χ1n) is 5.72. The molecule has 19 heavy (non-hydrogen) atoms.